The van der Waals surface area contributed by atoms with E-state index in [2.05, 4.69) is 20.3 Å². The van der Waals surface area contributed by atoms with E-state index in [-0.39, 0.29) is 29.9 Å². The van der Waals surface area contributed by atoms with Crippen LogP contribution >= 0.6 is 11.3 Å². The Hall–Kier alpha value is -4.11. The maximum absolute atomic E-state index is 13.4. The number of aromatic nitrogens is 3. The molecular weight excluding hydrogens is 474 g/mol. The summed E-state index contributed by atoms with van der Waals surface area (Å²) >= 11 is 1.25. The fourth-order valence-electron chi connectivity index (χ4n) is 4.65. The Labute approximate surface area is 212 Å². The van der Waals surface area contributed by atoms with Crippen molar-refractivity contribution >= 4 is 34.8 Å². The van der Waals surface area contributed by atoms with Crippen LogP contribution in [-0.2, 0) is 17.6 Å². The summed E-state index contributed by atoms with van der Waals surface area (Å²) in [4.78, 5) is 52.3. The number of ketones is 1. The molecular formula is C27H25N5O3S. The number of thiazole rings is 1. The summed E-state index contributed by atoms with van der Waals surface area (Å²) in [5.74, 6) is -0.346. The average molecular weight is 500 g/mol. The predicted molar refractivity (Wildman–Crippen MR) is 138 cm³/mol. The molecule has 0 radical (unpaired) electrons. The Bertz CT molecular complexity index is 1430. The first-order valence-electron chi connectivity index (χ1n) is 11.6. The minimum absolute atomic E-state index is 0.0299. The number of fused-ring (bicyclic) bond motifs is 1. The molecule has 182 valence electrons. The fraction of sp³-hybridized carbons (Fsp3) is 0.222. The van der Waals surface area contributed by atoms with Gasteiger partial charge < -0.3 is 15.2 Å². The lowest BCUT2D eigenvalue weighted by Gasteiger charge is -2.24. The largest absolute Gasteiger partial charge is 0.358 e. The summed E-state index contributed by atoms with van der Waals surface area (Å²) in [6.07, 6.45) is 4.36. The molecule has 3 heterocycles. The first-order chi connectivity index (χ1) is 17.4. The zero-order valence-corrected chi connectivity index (χ0v) is 20.8. The molecule has 0 aliphatic heterocycles. The van der Waals surface area contributed by atoms with Crippen LogP contribution in [0.25, 0.3) is 11.3 Å². The van der Waals surface area contributed by atoms with Crippen LogP contribution in [-0.4, -0.2) is 51.5 Å². The predicted octanol–water partition coefficient (Wildman–Crippen LogP) is 4.21. The van der Waals surface area contributed by atoms with Crippen LogP contribution in [0.5, 0.6) is 0 Å². The summed E-state index contributed by atoms with van der Waals surface area (Å²) in [5, 5.41) is 2.82. The minimum atomic E-state index is -0.386. The number of benzene rings is 1. The maximum atomic E-state index is 13.4. The molecule has 5 rings (SSSR count). The molecule has 1 unspecified atom stereocenters. The highest BCUT2D eigenvalue weighted by Gasteiger charge is 2.35. The Morgan fingerprint density at radius 3 is 2.69 bits per heavy atom. The number of hydrogen-bond donors (Lipinski definition) is 2. The number of H-pyrrole nitrogens is 1. The minimum Gasteiger partial charge on any atom is -0.358 e. The van der Waals surface area contributed by atoms with Crippen molar-refractivity contribution in [1.82, 2.24) is 19.9 Å². The molecule has 0 spiro atoms. The number of nitrogens with one attached hydrogen (secondary N) is 2. The topological polar surface area (TPSA) is 108 Å². The van der Waals surface area contributed by atoms with Gasteiger partial charge in [0.05, 0.1) is 23.3 Å². The van der Waals surface area contributed by atoms with Crippen molar-refractivity contribution in [1.29, 1.82) is 0 Å². The first kappa shape index (κ1) is 23.6. The zero-order valence-electron chi connectivity index (χ0n) is 19.9. The van der Waals surface area contributed by atoms with Crippen LogP contribution in [0, 0.1) is 5.92 Å². The third-order valence-electron chi connectivity index (χ3n) is 6.30. The normalized spacial score (nSPS) is 14.8. The van der Waals surface area contributed by atoms with E-state index in [1.54, 1.807) is 36.8 Å². The molecule has 1 aromatic carbocycles. The van der Waals surface area contributed by atoms with E-state index in [4.69, 9.17) is 0 Å². The Kier molecular flexibility index (Phi) is 6.47. The van der Waals surface area contributed by atoms with Gasteiger partial charge in [0.25, 0.3) is 5.91 Å². The van der Waals surface area contributed by atoms with Crippen LogP contribution in [0.4, 0.5) is 5.82 Å². The lowest BCUT2D eigenvalue weighted by atomic mass is 9.83. The average Bonchev–Trinajstić information content (AvgIpc) is 3.53. The van der Waals surface area contributed by atoms with Gasteiger partial charge in [0.1, 0.15) is 10.7 Å². The van der Waals surface area contributed by atoms with Crippen LogP contribution in [0.2, 0.25) is 0 Å². The lowest BCUT2D eigenvalue weighted by Crippen LogP contribution is -2.35. The second-order valence-corrected chi connectivity index (χ2v) is 9.89. The van der Waals surface area contributed by atoms with E-state index in [0.717, 1.165) is 28.1 Å². The molecule has 2 amide bonds. The smallest absolute Gasteiger partial charge is 0.268 e. The van der Waals surface area contributed by atoms with E-state index < -0.39 is 0 Å². The van der Waals surface area contributed by atoms with Gasteiger partial charge in [-0.3, -0.25) is 19.4 Å². The maximum Gasteiger partial charge on any atom is 0.268 e. The van der Waals surface area contributed by atoms with Gasteiger partial charge in [-0.25, -0.2) is 4.98 Å². The molecule has 36 heavy (non-hydrogen) atoms. The summed E-state index contributed by atoms with van der Waals surface area (Å²) in [5.41, 5.74) is 6.61. The van der Waals surface area contributed by atoms with Gasteiger partial charge in [-0.15, -0.1) is 11.3 Å². The van der Waals surface area contributed by atoms with E-state index in [1.165, 1.54) is 17.5 Å². The van der Waals surface area contributed by atoms with Gasteiger partial charge in [-0.2, -0.15) is 0 Å². The molecule has 1 aliphatic carbocycles. The summed E-state index contributed by atoms with van der Waals surface area (Å²) in [6.45, 7) is 0. The number of Topliss-reactive ketones (excluding diaryl/α,β-unsaturated/α-hetero) is 1. The third kappa shape index (κ3) is 4.70. The molecule has 9 heteroatoms. The van der Waals surface area contributed by atoms with E-state index in [9.17, 15) is 14.4 Å². The molecule has 8 nitrogen and oxygen atoms in total. The van der Waals surface area contributed by atoms with Crippen LogP contribution in [0.15, 0.2) is 60.4 Å². The highest BCUT2D eigenvalue weighted by Crippen LogP contribution is 2.37. The lowest BCUT2D eigenvalue weighted by molar-refractivity contribution is -0.133. The first-order valence-corrected chi connectivity index (χ1v) is 12.5. The number of nitrogens with zero attached hydrogens (tertiary/aromatic N) is 3. The quantitative estimate of drug-likeness (QED) is 0.413. The second-order valence-electron chi connectivity index (χ2n) is 9.01. The SMILES string of the molecule is CN(C)C(=O)C1CC(=O)c2c([nH]c(-c3ccnc(NC(=O)c4cncs4)c3)c2Cc2ccccc2)C1. The van der Waals surface area contributed by atoms with E-state index >= 15 is 0 Å². The third-order valence-corrected chi connectivity index (χ3v) is 7.07. The van der Waals surface area contributed by atoms with Crippen molar-refractivity contribution in [2.45, 2.75) is 19.3 Å². The number of carbonyl (C=O) groups excluding carboxylic acids is 3. The van der Waals surface area contributed by atoms with Crippen molar-refractivity contribution in [3.63, 3.8) is 0 Å². The molecule has 4 aromatic rings. The fourth-order valence-corrected chi connectivity index (χ4v) is 5.17. The van der Waals surface area contributed by atoms with Crippen molar-refractivity contribution in [2.24, 2.45) is 5.92 Å². The van der Waals surface area contributed by atoms with Crippen LogP contribution in [0.3, 0.4) is 0 Å². The molecule has 0 bridgehead atoms. The van der Waals surface area contributed by atoms with Gasteiger partial charge in [0.15, 0.2) is 5.78 Å². The number of rotatable bonds is 6. The zero-order chi connectivity index (χ0) is 25.2. The molecule has 3 aromatic heterocycles. The van der Waals surface area contributed by atoms with E-state index in [0.29, 0.717) is 29.1 Å². The summed E-state index contributed by atoms with van der Waals surface area (Å²) in [7, 11) is 3.42. The van der Waals surface area contributed by atoms with Gasteiger partial charge in [-0.05, 0) is 23.3 Å². The number of hydrogen-bond acceptors (Lipinski definition) is 6. The van der Waals surface area contributed by atoms with Gasteiger partial charge in [0, 0.05) is 56.4 Å². The van der Waals surface area contributed by atoms with Crippen molar-refractivity contribution in [3.05, 3.63) is 87.6 Å². The van der Waals surface area contributed by atoms with Gasteiger partial charge >= 0.3 is 0 Å². The Morgan fingerprint density at radius 2 is 1.97 bits per heavy atom. The molecule has 1 atom stereocenters. The standard InChI is InChI=1S/C27H25N5O3S/c1-32(2)27(35)18-11-20-24(21(33)12-18)19(10-16-6-4-3-5-7-16)25(30-20)17-8-9-29-23(13-17)31-26(34)22-14-28-15-36-22/h3-9,13-15,18,30H,10-12H2,1-2H3,(H,29,31,34). The van der Waals surface area contributed by atoms with Crippen molar-refractivity contribution < 1.29 is 14.4 Å². The summed E-state index contributed by atoms with van der Waals surface area (Å²) in [6, 6.07) is 13.6. The monoisotopic (exact) mass is 499 g/mol. The second kappa shape index (κ2) is 9.87. The molecule has 1 aliphatic rings. The number of amides is 2. The van der Waals surface area contributed by atoms with Gasteiger partial charge in [0.2, 0.25) is 5.91 Å². The number of pyridine rings is 1. The van der Waals surface area contributed by atoms with Gasteiger partial charge in [-0.1, -0.05) is 30.3 Å². The van der Waals surface area contributed by atoms with Crippen molar-refractivity contribution in [2.75, 3.05) is 19.4 Å². The van der Waals surface area contributed by atoms with E-state index in [1.807, 2.05) is 36.4 Å². The Balaban J connectivity index is 1.55. The summed E-state index contributed by atoms with van der Waals surface area (Å²) < 4.78 is 0. The highest BCUT2D eigenvalue weighted by atomic mass is 32.1. The number of anilines is 1. The number of aromatic amines is 1. The Morgan fingerprint density at radius 1 is 1.17 bits per heavy atom. The molecule has 0 saturated carbocycles. The number of carbonyl (C=O) groups is 3. The molecule has 2 N–H and O–H groups in total. The highest BCUT2D eigenvalue weighted by molar-refractivity contribution is 7.11. The molecule has 0 fully saturated rings. The van der Waals surface area contributed by atoms with Crippen LogP contribution in [0.1, 0.15) is 43.3 Å². The van der Waals surface area contributed by atoms with Crippen molar-refractivity contribution in [3.8, 4) is 11.3 Å². The molecule has 0 saturated heterocycles. The van der Waals surface area contributed by atoms with Crippen LogP contribution < -0.4 is 5.32 Å².